The number of nitrogens with two attached hydrogens (primary N) is 1. The minimum atomic E-state index is 0.427. The summed E-state index contributed by atoms with van der Waals surface area (Å²) in [5.74, 6) is 2.69. The molecule has 2 aromatic carbocycles. The van der Waals surface area contributed by atoms with Crippen LogP contribution in [0.15, 0.2) is 47.5 Å². The largest absolute Gasteiger partial charge is 0.493 e. The molecule has 0 bridgehead atoms. The molecule has 0 radical (unpaired) electrons. The quantitative estimate of drug-likeness (QED) is 0.514. The van der Waals surface area contributed by atoms with Crippen LogP contribution in [0.4, 0.5) is 0 Å². The van der Waals surface area contributed by atoms with Crippen molar-refractivity contribution in [3.05, 3.63) is 59.2 Å². The Labute approximate surface area is 180 Å². The summed E-state index contributed by atoms with van der Waals surface area (Å²) in [7, 11) is 3.25. The molecule has 0 spiro atoms. The number of hydrogen-bond donors (Lipinski definition) is 2. The summed E-state index contributed by atoms with van der Waals surface area (Å²) in [4.78, 5) is 6.97. The highest BCUT2D eigenvalue weighted by Gasteiger charge is 2.15. The van der Waals surface area contributed by atoms with E-state index in [4.69, 9.17) is 15.2 Å². The van der Waals surface area contributed by atoms with Gasteiger partial charge in [-0.05, 0) is 60.7 Å². The number of methoxy groups -OCH3 is 2. The third-order valence-corrected chi connectivity index (χ3v) is 5.66. The van der Waals surface area contributed by atoms with Gasteiger partial charge in [0.05, 0.1) is 20.8 Å². The molecule has 3 rings (SSSR count). The summed E-state index contributed by atoms with van der Waals surface area (Å²) in [6.07, 6.45) is 2.62. The number of guanidine groups is 1. The van der Waals surface area contributed by atoms with E-state index in [1.54, 1.807) is 14.2 Å². The van der Waals surface area contributed by atoms with Crippen LogP contribution in [0.3, 0.4) is 0 Å². The fourth-order valence-electron chi connectivity index (χ4n) is 3.64. The molecule has 0 amide bonds. The van der Waals surface area contributed by atoms with Crippen LogP contribution in [0.1, 0.15) is 36.5 Å². The third-order valence-electron chi connectivity index (χ3n) is 5.66. The molecule has 1 heterocycles. The van der Waals surface area contributed by atoms with E-state index in [-0.39, 0.29) is 0 Å². The number of aliphatic imine (C=N–C) groups is 1. The first kappa shape index (κ1) is 22.0. The number of nitrogens with zero attached hydrogens (tertiary/aromatic N) is 2. The van der Waals surface area contributed by atoms with E-state index in [2.05, 4.69) is 46.4 Å². The summed E-state index contributed by atoms with van der Waals surface area (Å²) in [5.41, 5.74) is 9.60. The first-order valence-electron chi connectivity index (χ1n) is 10.6. The van der Waals surface area contributed by atoms with Gasteiger partial charge in [-0.25, -0.2) is 4.99 Å². The van der Waals surface area contributed by atoms with E-state index < -0.39 is 0 Å². The highest BCUT2D eigenvalue weighted by atomic mass is 16.5. The Morgan fingerprint density at radius 2 is 1.63 bits per heavy atom. The Bertz CT molecular complexity index is 828. The fourth-order valence-corrected chi connectivity index (χ4v) is 3.64. The van der Waals surface area contributed by atoms with Crippen LogP contribution in [0, 0.1) is 5.92 Å². The normalized spacial score (nSPS) is 15.8. The summed E-state index contributed by atoms with van der Waals surface area (Å²) in [6, 6.07) is 14.5. The van der Waals surface area contributed by atoms with Crippen LogP contribution in [-0.4, -0.2) is 38.2 Å². The molecule has 0 aliphatic carbocycles. The number of hydrogen-bond acceptors (Lipinski definition) is 4. The van der Waals surface area contributed by atoms with Gasteiger partial charge in [0.2, 0.25) is 0 Å². The molecule has 0 atom stereocenters. The van der Waals surface area contributed by atoms with E-state index in [0.29, 0.717) is 30.5 Å². The average molecular weight is 411 g/mol. The van der Waals surface area contributed by atoms with Crippen molar-refractivity contribution in [1.82, 2.24) is 10.2 Å². The van der Waals surface area contributed by atoms with Crippen molar-refractivity contribution in [2.24, 2.45) is 16.6 Å². The van der Waals surface area contributed by atoms with E-state index >= 15 is 0 Å². The van der Waals surface area contributed by atoms with Crippen molar-refractivity contribution >= 4 is 5.96 Å². The molecule has 1 saturated heterocycles. The molecule has 162 valence electrons. The van der Waals surface area contributed by atoms with Gasteiger partial charge >= 0.3 is 0 Å². The van der Waals surface area contributed by atoms with Crippen molar-refractivity contribution in [1.29, 1.82) is 0 Å². The molecule has 1 aliphatic heterocycles. The molecule has 1 fully saturated rings. The van der Waals surface area contributed by atoms with Gasteiger partial charge in [0.1, 0.15) is 0 Å². The first-order chi connectivity index (χ1) is 14.6. The Kier molecular flexibility index (Phi) is 7.97. The van der Waals surface area contributed by atoms with Gasteiger partial charge in [0.25, 0.3) is 0 Å². The van der Waals surface area contributed by atoms with Gasteiger partial charge in [-0.3, -0.25) is 4.90 Å². The summed E-state index contributed by atoms with van der Waals surface area (Å²) >= 11 is 0. The second-order valence-electron chi connectivity index (χ2n) is 8.02. The lowest BCUT2D eigenvalue weighted by Crippen LogP contribution is -2.32. The molecule has 6 nitrogen and oxygen atoms in total. The lowest BCUT2D eigenvalue weighted by Gasteiger charge is -2.30. The van der Waals surface area contributed by atoms with Crippen LogP contribution in [0.25, 0.3) is 0 Å². The predicted molar refractivity (Wildman–Crippen MR) is 122 cm³/mol. The third kappa shape index (κ3) is 6.39. The van der Waals surface area contributed by atoms with Crippen LogP contribution in [0.2, 0.25) is 0 Å². The molecule has 30 heavy (non-hydrogen) atoms. The summed E-state index contributed by atoms with van der Waals surface area (Å²) in [5, 5.41) is 3.19. The first-order valence-corrected chi connectivity index (χ1v) is 10.6. The second-order valence-corrected chi connectivity index (χ2v) is 8.02. The number of rotatable bonds is 8. The van der Waals surface area contributed by atoms with Gasteiger partial charge in [-0.2, -0.15) is 0 Å². The zero-order valence-corrected chi connectivity index (χ0v) is 18.4. The topological polar surface area (TPSA) is 72.1 Å². The van der Waals surface area contributed by atoms with Crippen molar-refractivity contribution in [3.63, 3.8) is 0 Å². The standard InChI is InChI=1S/C24H34N4O2/c1-18-10-12-28(13-11-18)17-20-6-4-19(5-7-20)15-26-24(25)27-16-21-8-9-22(29-2)23(14-21)30-3/h4-9,14,18H,10-13,15-17H2,1-3H3,(H3,25,26,27). The highest BCUT2D eigenvalue weighted by molar-refractivity contribution is 5.77. The van der Waals surface area contributed by atoms with Gasteiger partial charge in [0.15, 0.2) is 17.5 Å². The van der Waals surface area contributed by atoms with Gasteiger partial charge in [0, 0.05) is 13.1 Å². The highest BCUT2D eigenvalue weighted by Crippen LogP contribution is 2.27. The second kappa shape index (κ2) is 10.9. The van der Waals surface area contributed by atoms with Gasteiger partial charge in [-0.1, -0.05) is 37.3 Å². The summed E-state index contributed by atoms with van der Waals surface area (Å²) in [6.45, 7) is 6.93. The minimum Gasteiger partial charge on any atom is -0.493 e. The number of ether oxygens (including phenoxy) is 2. The Balaban J connectivity index is 1.46. The fraction of sp³-hybridized carbons (Fsp3) is 0.458. The van der Waals surface area contributed by atoms with Crippen molar-refractivity contribution in [2.75, 3.05) is 27.3 Å². The average Bonchev–Trinajstić information content (AvgIpc) is 2.78. The van der Waals surface area contributed by atoms with Crippen LogP contribution < -0.4 is 20.5 Å². The van der Waals surface area contributed by atoms with Crippen LogP contribution in [-0.2, 0) is 19.6 Å². The van der Waals surface area contributed by atoms with Crippen LogP contribution in [0.5, 0.6) is 11.5 Å². The minimum absolute atomic E-state index is 0.427. The molecular formula is C24H34N4O2. The summed E-state index contributed by atoms with van der Waals surface area (Å²) < 4.78 is 10.6. The molecule has 0 aromatic heterocycles. The maximum Gasteiger partial charge on any atom is 0.189 e. The number of benzene rings is 2. The van der Waals surface area contributed by atoms with E-state index in [9.17, 15) is 0 Å². The van der Waals surface area contributed by atoms with E-state index in [0.717, 1.165) is 18.0 Å². The van der Waals surface area contributed by atoms with Crippen molar-refractivity contribution in [3.8, 4) is 11.5 Å². The Hall–Kier alpha value is -2.73. The van der Waals surface area contributed by atoms with E-state index in [1.807, 2.05) is 18.2 Å². The lowest BCUT2D eigenvalue weighted by atomic mass is 9.99. The molecule has 3 N–H and O–H groups in total. The maximum atomic E-state index is 6.04. The lowest BCUT2D eigenvalue weighted by molar-refractivity contribution is 0.185. The number of likely N-dealkylation sites (tertiary alicyclic amines) is 1. The smallest absolute Gasteiger partial charge is 0.189 e. The molecule has 6 heteroatoms. The SMILES string of the molecule is COc1ccc(CN=C(N)NCc2ccc(CN3CCC(C)CC3)cc2)cc1OC. The van der Waals surface area contributed by atoms with Crippen LogP contribution >= 0.6 is 0 Å². The zero-order chi connectivity index (χ0) is 21.3. The maximum absolute atomic E-state index is 6.04. The molecular weight excluding hydrogens is 376 g/mol. The predicted octanol–water partition coefficient (Wildman–Crippen LogP) is 3.54. The van der Waals surface area contributed by atoms with Gasteiger partial charge < -0.3 is 20.5 Å². The molecule has 0 saturated carbocycles. The Morgan fingerprint density at radius 1 is 1.00 bits per heavy atom. The molecule has 1 aliphatic rings. The Morgan fingerprint density at radius 3 is 2.30 bits per heavy atom. The van der Waals surface area contributed by atoms with Gasteiger partial charge in [-0.15, -0.1) is 0 Å². The van der Waals surface area contributed by atoms with E-state index in [1.165, 1.54) is 37.1 Å². The van der Waals surface area contributed by atoms with Crippen molar-refractivity contribution in [2.45, 2.75) is 39.4 Å². The van der Waals surface area contributed by atoms with Crippen molar-refractivity contribution < 1.29 is 9.47 Å². The number of piperidine rings is 1. The molecule has 2 aromatic rings. The zero-order valence-electron chi connectivity index (χ0n) is 18.4. The monoisotopic (exact) mass is 410 g/mol. The number of nitrogens with one attached hydrogen (secondary N) is 1. The molecule has 0 unspecified atom stereocenters.